The van der Waals surface area contributed by atoms with E-state index in [1.165, 1.54) is 18.4 Å². The molecule has 0 radical (unpaired) electrons. The monoisotopic (exact) mass is 282 g/mol. The van der Waals surface area contributed by atoms with Crippen molar-refractivity contribution in [3.05, 3.63) is 71.8 Å². The van der Waals surface area contributed by atoms with Gasteiger partial charge in [-0.3, -0.25) is 9.59 Å². The van der Waals surface area contributed by atoms with Crippen molar-refractivity contribution >= 4 is 24.0 Å². The maximum Gasteiger partial charge on any atom is 0.265 e. The average molecular weight is 282 g/mol. The van der Waals surface area contributed by atoms with Crippen LogP contribution in [-0.2, 0) is 9.59 Å². The molecule has 1 aromatic heterocycles. The second-order valence-corrected chi connectivity index (χ2v) is 4.17. The van der Waals surface area contributed by atoms with Gasteiger partial charge in [0, 0.05) is 12.2 Å². The van der Waals surface area contributed by atoms with Gasteiger partial charge < -0.3 is 15.5 Å². The molecule has 2 amide bonds. The minimum Gasteiger partial charge on any atom is -0.465 e. The lowest BCUT2D eigenvalue weighted by Gasteiger charge is -2.03. The number of nitrogens with two attached hydrogens (primary N) is 1. The molecule has 5 heteroatoms. The summed E-state index contributed by atoms with van der Waals surface area (Å²) >= 11 is 0. The van der Waals surface area contributed by atoms with Crippen LogP contribution in [0.3, 0.4) is 0 Å². The maximum absolute atomic E-state index is 11.8. The van der Waals surface area contributed by atoms with Gasteiger partial charge in [0.25, 0.3) is 5.91 Å². The summed E-state index contributed by atoms with van der Waals surface area (Å²) in [5.74, 6) is -0.764. The van der Waals surface area contributed by atoms with Crippen LogP contribution < -0.4 is 11.1 Å². The van der Waals surface area contributed by atoms with Crippen molar-refractivity contribution < 1.29 is 14.0 Å². The van der Waals surface area contributed by atoms with Crippen LogP contribution in [0.1, 0.15) is 11.3 Å². The summed E-state index contributed by atoms with van der Waals surface area (Å²) in [6, 6.07) is 12.6. The molecule has 0 aliphatic carbocycles. The number of hydrogen-bond donors (Lipinski definition) is 2. The van der Waals surface area contributed by atoms with Gasteiger partial charge in [0.15, 0.2) is 0 Å². The third-order valence-corrected chi connectivity index (χ3v) is 2.58. The van der Waals surface area contributed by atoms with Crippen LogP contribution >= 0.6 is 0 Å². The molecule has 0 aliphatic heterocycles. The van der Waals surface area contributed by atoms with Crippen molar-refractivity contribution in [3.8, 4) is 0 Å². The molecule has 21 heavy (non-hydrogen) atoms. The molecule has 1 heterocycles. The first kappa shape index (κ1) is 14.3. The van der Waals surface area contributed by atoms with E-state index in [2.05, 4.69) is 5.32 Å². The minimum absolute atomic E-state index is 0.0346. The number of carbonyl (C=O) groups is 2. The molecule has 2 aromatic rings. The fraction of sp³-hybridized carbons (Fsp3) is 0. The van der Waals surface area contributed by atoms with Crippen molar-refractivity contribution in [2.45, 2.75) is 0 Å². The van der Waals surface area contributed by atoms with Gasteiger partial charge in [0.1, 0.15) is 11.5 Å². The number of carbonyl (C=O) groups excluding carboxylic acids is 2. The Balaban J connectivity index is 2.06. The summed E-state index contributed by atoms with van der Waals surface area (Å²) in [6.07, 6.45) is 5.80. The fourth-order valence-corrected chi connectivity index (χ4v) is 1.59. The number of furan rings is 1. The zero-order chi connectivity index (χ0) is 15.1. The summed E-state index contributed by atoms with van der Waals surface area (Å²) in [4.78, 5) is 23.1. The Kier molecular flexibility index (Phi) is 4.71. The summed E-state index contributed by atoms with van der Waals surface area (Å²) in [6.45, 7) is 0. The van der Waals surface area contributed by atoms with Crippen LogP contribution in [0.25, 0.3) is 12.2 Å². The lowest BCUT2D eigenvalue weighted by molar-refractivity contribution is -0.119. The fourth-order valence-electron chi connectivity index (χ4n) is 1.59. The van der Waals surface area contributed by atoms with Gasteiger partial charge >= 0.3 is 0 Å². The molecule has 106 valence electrons. The van der Waals surface area contributed by atoms with Crippen LogP contribution in [0.5, 0.6) is 0 Å². The number of hydrogen-bond acceptors (Lipinski definition) is 3. The summed E-state index contributed by atoms with van der Waals surface area (Å²) in [5, 5.41) is 2.43. The predicted molar refractivity (Wildman–Crippen MR) is 79.5 cm³/mol. The standard InChI is InChI=1S/C16H14N2O3/c17-16(20)14(11-13-7-4-10-21-13)18-15(19)9-8-12-5-2-1-3-6-12/h1-11H,(H2,17,20)(H,18,19)/b9-8+,14-11-. The van der Waals surface area contributed by atoms with Gasteiger partial charge in [-0.1, -0.05) is 30.3 Å². The van der Waals surface area contributed by atoms with Crippen molar-refractivity contribution in [2.24, 2.45) is 5.73 Å². The first-order valence-corrected chi connectivity index (χ1v) is 6.24. The molecule has 0 bridgehead atoms. The van der Waals surface area contributed by atoms with Crippen molar-refractivity contribution in [1.82, 2.24) is 5.32 Å². The van der Waals surface area contributed by atoms with Crippen LogP contribution in [0.2, 0.25) is 0 Å². The zero-order valence-electron chi connectivity index (χ0n) is 11.2. The lowest BCUT2D eigenvalue weighted by atomic mass is 10.2. The Labute approximate surface area is 121 Å². The van der Waals surface area contributed by atoms with E-state index in [1.807, 2.05) is 30.3 Å². The van der Waals surface area contributed by atoms with E-state index >= 15 is 0 Å². The Morgan fingerprint density at radius 3 is 2.48 bits per heavy atom. The van der Waals surface area contributed by atoms with E-state index < -0.39 is 11.8 Å². The van der Waals surface area contributed by atoms with Crippen LogP contribution in [0.15, 0.2) is 64.9 Å². The topological polar surface area (TPSA) is 85.3 Å². The zero-order valence-corrected chi connectivity index (χ0v) is 11.2. The molecular formula is C16H14N2O3. The van der Waals surface area contributed by atoms with Crippen LogP contribution in [0, 0.1) is 0 Å². The highest BCUT2D eigenvalue weighted by atomic mass is 16.3. The number of benzene rings is 1. The minimum atomic E-state index is -0.743. The van der Waals surface area contributed by atoms with Gasteiger partial charge in [-0.05, 0) is 23.8 Å². The highest BCUT2D eigenvalue weighted by molar-refractivity contribution is 6.03. The molecule has 1 aromatic carbocycles. The quantitative estimate of drug-likeness (QED) is 0.822. The van der Waals surface area contributed by atoms with E-state index in [0.29, 0.717) is 5.76 Å². The number of rotatable bonds is 5. The van der Waals surface area contributed by atoms with Gasteiger partial charge in [0.05, 0.1) is 6.26 Å². The molecule has 0 spiro atoms. The van der Waals surface area contributed by atoms with Crippen molar-refractivity contribution in [1.29, 1.82) is 0 Å². The second kappa shape index (κ2) is 6.91. The Morgan fingerprint density at radius 2 is 1.86 bits per heavy atom. The van der Waals surface area contributed by atoms with Crippen LogP contribution in [-0.4, -0.2) is 11.8 Å². The molecule has 5 nitrogen and oxygen atoms in total. The third-order valence-electron chi connectivity index (χ3n) is 2.58. The van der Waals surface area contributed by atoms with Crippen molar-refractivity contribution in [2.75, 3.05) is 0 Å². The number of amides is 2. The van der Waals surface area contributed by atoms with Gasteiger partial charge in [-0.2, -0.15) is 0 Å². The molecular weight excluding hydrogens is 268 g/mol. The summed E-state index contributed by atoms with van der Waals surface area (Å²) < 4.78 is 5.07. The first-order valence-electron chi connectivity index (χ1n) is 6.24. The Bertz CT molecular complexity index is 671. The molecule has 0 unspecified atom stereocenters. The molecule has 3 N–H and O–H groups in total. The van der Waals surface area contributed by atoms with Gasteiger partial charge in [0.2, 0.25) is 5.91 Å². The predicted octanol–water partition coefficient (Wildman–Crippen LogP) is 1.94. The second-order valence-electron chi connectivity index (χ2n) is 4.17. The third kappa shape index (κ3) is 4.50. The molecule has 0 saturated heterocycles. The number of nitrogens with one attached hydrogen (secondary N) is 1. The maximum atomic E-state index is 11.8. The van der Waals surface area contributed by atoms with E-state index in [-0.39, 0.29) is 5.70 Å². The molecule has 0 fully saturated rings. The molecule has 0 saturated carbocycles. The molecule has 2 rings (SSSR count). The Hall–Kier alpha value is -3.08. The van der Waals surface area contributed by atoms with E-state index in [9.17, 15) is 9.59 Å². The van der Waals surface area contributed by atoms with Crippen LogP contribution in [0.4, 0.5) is 0 Å². The SMILES string of the molecule is NC(=O)/C(=C/c1ccco1)NC(=O)/C=C/c1ccccc1. The normalized spacial score (nSPS) is 11.5. The van der Waals surface area contributed by atoms with E-state index in [4.69, 9.17) is 10.2 Å². The average Bonchev–Trinajstić information content (AvgIpc) is 2.98. The van der Waals surface area contributed by atoms with Gasteiger partial charge in [-0.25, -0.2) is 0 Å². The van der Waals surface area contributed by atoms with E-state index in [1.54, 1.807) is 18.2 Å². The summed E-state index contributed by atoms with van der Waals surface area (Å²) in [5.41, 5.74) is 6.06. The van der Waals surface area contributed by atoms with Crippen molar-refractivity contribution in [3.63, 3.8) is 0 Å². The first-order chi connectivity index (χ1) is 10.1. The van der Waals surface area contributed by atoms with Gasteiger partial charge in [-0.15, -0.1) is 0 Å². The number of primary amides is 1. The molecule has 0 atom stereocenters. The Morgan fingerprint density at radius 1 is 1.10 bits per heavy atom. The highest BCUT2D eigenvalue weighted by Crippen LogP contribution is 2.06. The van der Waals surface area contributed by atoms with E-state index in [0.717, 1.165) is 5.56 Å². The largest absolute Gasteiger partial charge is 0.465 e. The highest BCUT2D eigenvalue weighted by Gasteiger charge is 2.08. The summed E-state index contributed by atoms with van der Waals surface area (Å²) in [7, 11) is 0. The molecule has 0 aliphatic rings. The lowest BCUT2D eigenvalue weighted by Crippen LogP contribution is -2.29. The smallest absolute Gasteiger partial charge is 0.265 e.